The molecule has 0 aliphatic heterocycles. The number of nitrogens with two attached hydrogens (primary N) is 1. The van der Waals surface area contributed by atoms with Gasteiger partial charge in [0.05, 0.1) is 11.4 Å². The second-order valence-corrected chi connectivity index (χ2v) is 5.84. The molecule has 0 unspecified atom stereocenters. The molecular formula is C18H24N2. The first-order chi connectivity index (χ1) is 9.49. The second-order valence-electron chi connectivity index (χ2n) is 5.84. The van der Waals surface area contributed by atoms with E-state index in [0.29, 0.717) is 5.92 Å². The molecule has 106 valence electrons. The molecule has 0 spiro atoms. The molecule has 20 heavy (non-hydrogen) atoms. The fraction of sp³-hybridized carbons (Fsp3) is 0.333. The van der Waals surface area contributed by atoms with E-state index in [1.165, 1.54) is 16.8 Å². The summed E-state index contributed by atoms with van der Waals surface area (Å²) in [4.78, 5) is 2.16. The highest BCUT2D eigenvalue weighted by atomic mass is 15.1. The molecule has 0 amide bonds. The van der Waals surface area contributed by atoms with Gasteiger partial charge in [-0.15, -0.1) is 0 Å². The maximum atomic E-state index is 6.11. The van der Waals surface area contributed by atoms with Crippen molar-refractivity contribution in [1.82, 2.24) is 0 Å². The Kier molecular flexibility index (Phi) is 4.33. The maximum Gasteiger partial charge on any atom is 0.0671 e. The lowest BCUT2D eigenvalue weighted by molar-refractivity contribution is 0.647. The van der Waals surface area contributed by atoms with Crippen LogP contribution in [0.5, 0.6) is 0 Å². The maximum absolute atomic E-state index is 6.11. The van der Waals surface area contributed by atoms with Gasteiger partial charge in [0.15, 0.2) is 0 Å². The summed E-state index contributed by atoms with van der Waals surface area (Å²) in [5.41, 5.74) is 11.8. The summed E-state index contributed by atoms with van der Waals surface area (Å²) < 4.78 is 0. The SMILES string of the molecule is Cc1cccc(N)c1N(C)c1ccc(CC(C)C)cc1. The van der Waals surface area contributed by atoms with Crippen molar-refractivity contribution in [2.45, 2.75) is 27.2 Å². The third-order valence-corrected chi connectivity index (χ3v) is 3.57. The number of nitrogen functional groups attached to an aromatic ring is 1. The van der Waals surface area contributed by atoms with Crippen LogP contribution in [-0.4, -0.2) is 7.05 Å². The smallest absolute Gasteiger partial charge is 0.0671 e. The number of benzene rings is 2. The normalized spacial score (nSPS) is 10.8. The van der Waals surface area contributed by atoms with Gasteiger partial charge in [0, 0.05) is 12.7 Å². The van der Waals surface area contributed by atoms with Crippen molar-refractivity contribution in [1.29, 1.82) is 0 Å². The van der Waals surface area contributed by atoms with E-state index in [2.05, 4.69) is 63.1 Å². The molecule has 2 rings (SSSR count). The number of anilines is 3. The number of para-hydroxylation sites is 1. The van der Waals surface area contributed by atoms with Crippen LogP contribution in [0.1, 0.15) is 25.0 Å². The van der Waals surface area contributed by atoms with Gasteiger partial charge in [0.25, 0.3) is 0 Å². The fourth-order valence-electron chi connectivity index (χ4n) is 2.60. The van der Waals surface area contributed by atoms with Gasteiger partial charge < -0.3 is 10.6 Å². The molecule has 0 saturated heterocycles. The van der Waals surface area contributed by atoms with Crippen LogP contribution in [-0.2, 0) is 6.42 Å². The zero-order valence-corrected chi connectivity index (χ0v) is 12.9. The fourth-order valence-corrected chi connectivity index (χ4v) is 2.60. The first-order valence-electron chi connectivity index (χ1n) is 7.16. The summed E-state index contributed by atoms with van der Waals surface area (Å²) in [7, 11) is 2.07. The third kappa shape index (κ3) is 3.13. The lowest BCUT2D eigenvalue weighted by atomic mass is 10.0. The van der Waals surface area contributed by atoms with Crippen LogP contribution in [0.15, 0.2) is 42.5 Å². The minimum absolute atomic E-state index is 0.686. The molecule has 2 N–H and O–H groups in total. The van der Waals surface area contributed by atoms with Gasteiger partial charge in [-0.2, -0.15) is 0 Å². The first kappa shape index (κ1) is 14.4. The van der Waals surface area contributed by atoms with E-state index in [1.807, 2.05) is 12.1 Å². The van der Waals surface area contributed by atoms with Gasteiger partial charge in [-0.3, -0.25) is 0 Å². The highest BCUT2D eigenvalue weighted by Crippen LogP contribution is 2.32. The van der Waals surface area contributed by atoms with Crippen LogP contribution in [0.25, 0.3) is 0 Å². The molecule has 0 heterocycles. The quantitative estimate of drug-likeness (QED) is 0.825. The molecule has 0 radical (unpaired) electrons. The van der Waals surface area contributed by atoms with Crippen molar-refractivity contribution in [3.8, 4) is 0 Å². The number of nitrogens with zero attached hydrogens (tertiary/aromatic N) is 1. The largest absolute Gasteiger partial charge is 0.397 e. The average molecular weight is 268 g/mol. The zero-order chi connectivity index (χ0) is 14.7. The highest BCUT2D eigenvalue weighted by molar-refractivity contribution is 5.77. The van der Waals surface area contributed by atoms with Crippen LogP contribution in [0, 0.1) is 12.8 Å². The molecule has 0 bridgehead atoms. The van der Waals surface area contributed by atoms with Gasteiger partial charge in [0.1, 0.15) is 0 Å². The van der Waals surface area contributed by atoms with Crippen LogP contribution in [0.2, 0.25) is 0 Å². The third-order valence-electron chi connectivity index (χ3n) is 3.57. The Hall–Kier alpha value is -1.96. The van der Waals surface area contributed by atoms with Crippen LogP contribution < -0.4 is 10.6 Å². The van der Waals surface area contributed by atoms with E-state index in [-0.39, 0.29) is 0 Å². The lowest BCUT2D eigenvalue weighted by Crippen LogP contribution is -2.13. The lowest BCUT2D eigenvalue weighted by Gasteiger charge is -2.23. The molecule has 2 aromatic carbocycles. The number of aryl methyl sites for hydroxylation is 1. The Labute approximate surface area is 122 Å². The summed E-state index contributed by atoms with van der Waals surface area (Å²) in [6.45, 7) is 6.58. The minimum Gasteiger partial charge on any atom is -0.397 e. The van der Waals surface area contributed by atoms with Crippen molar-refractivity contribution in [3.05, 3.63) is 53.6 Å². The Morgan fingerprint density at radius 1 is 1.05 bits per heavy atom. The highest BCUT2D eigenvalue weighted by Gasteiger charge is 2.10. The van der Waals surface area contributed by atoms with Crippen molar-refractivity contribution in [2.75, 3.05) is 17.7 Å². The molecule has 0 aromatic heterocycles. The van der Waals surface area contributed by atoms with E-state index in [1.54, 1.807) is 0 Å². The number of hydrogen-bond donors (Lipinski definition) is 1. The number of hydrogen-bond acceptors (Lipinski definition) is 2. The molecule has 0 aliphatic rings. The molecule has 0 saturated carbocycles. The van der Waals surface area contributed by atoms with E-state index in [4.69, 9.17) is 5.73 Å². The van der Waals surface area contributed by atoms with Crippen LogP contribution in [0.4, 0.5) is 17.1 Å². The standard InChI is InChI=1S/C18H24N2/c1-13(2)12-15-8-10-16(11-9-15)20(4)18-14(3)6-5-7-17(18)19/h5-11,13H,12,19H2,1-4H3. The molecule has 0 atom stereocenters. The second kappa shape index (κ2) is 6.00. The molecule has 0 fully saturated rings. The summed E-state index contributed by atoms with van der Waals surface area (Å²) in [6, 6.07) is 14.8. The molecule has 2 aromatic rings. The van der Waals surface area contributed by atoms with Crippen molar-refractivity contribution in [3.63, 3.8) is 0 Å². The van der Waals surface area contributed by atoms with Crippen LogP contribution >= 0.6 is 0 Å². The molecule has 2 heteroatoms. The Bertz CT molecular complexity index is 550. The van der Waals surface area contributed by atoms with Gasteiger partial charge >= 0.3 is 0 Å². The predicted molar refractivity (Wildman–Crippen MR) is 88.6 cm³/mol. The Morgan fingerprint density at radius 3 is 2.25 bits per heavy atom. The summed E-state index contributed by atoms with van der Waals surface area (Å²) in [5.74, 6) is 0.686. The van der Waals surface area contributed by atoms with E-state index in [0.717, 1.165) is 17.8 Å². The molecular weight excluding hydrogens is 244 g/mol. The Morgan fingerprint density at radius 2 is 1.70 bits per heavy atom. The first-order valence-corrected chi connectivity index (χ1v) is 7.16. The van der Waals surface area contributed by atoms with Crippen molar-refractivity contribution in [2.24, 2.45) is 5.92 Å². The monoisotopic (exact) mass is 268 g/mol. The van der Waals surface area contributed by atoms with Gasteiger partial charge in [-0.25, -0.2) is 0 Å². The van der Waals surface area contributed by atoms with Gasteiger partial charge in [0.2, 0.25) is 0 Å². The van der Waals surface area contributed by atoms with Gasteiger partial charge in [-0.1, -0.05) is 38.1 Å². The van der Waals surface area contributed by atoms with Crippen molar-refractivity contribution < 1.29 is 0 Å². The number of rotatable bonds is 4. The van der Waals surface area contributed by atoms with E-state index >= 15 is 0 Å². The predicted octanol–water partition coefficient (Wildman–Crippen LogP) is 4.54. The average Bonchev–Trinajstić information content (AvgIpc) is 2.38. The summed E-state index contributed by atoms with van der Waals surface area (Å²) in [5, 5.41) is 0. The molecule has 2 nitrogen and oxygen atoms in total. The van der Waals surface area contributed by atoms with Gasteiger partial charge in [-0.05, 0) is 48.6 Å². The summed E-state index contributed by atoms with van der Waals surface area (Å²) >= 11 is 0. The van der Waals surface area contributed by atoms with Crippen LogP contribution in [0.3, 0.4) is 0 Å². The van der Waals surface area contributed by atoms with E-state index < -0.39 is 0 Å². The Balaban J connectivity index is 2.27. The van der Waals surface area contributed by atoms with E-state index in [9.17, 15) is 0 Å². The minimum atomic E-state index is 0.686. The summed E-state index contributed by atoms with van der Waals surface area (Å²) in [6.07, 6.45) is 1.12. The molecule has 0 aliphatic carbocycles. The topological polar surface area (TPSA) is 29.3 Å². The zero-order valence-electron chi connectivity index (χ0n) is 12.9. The van der Waals surface area contributed by atoms with Crippen molar-refractivity contribution >= 4 is 17.1 Å².